The van der Waals surface area contributed by atoms with Crippen molar-refractivity contribution in [1.82, 2.24) is 5.32 Å². The molecule has 0 rings (SSSR count). The molecule has 32 heavy (non-hydrogen) atoms. The van der Waals surface area contributed by atoms with Crippen molar-refractivity contribution >= 4 is 0 Å². The lowest BCUT2D eigenvalue weighted by molar-refractivity contribution is -0.0395. The fourth-order valence-corrected chi connectivity index (χ4v) is 4.12. The molecular formula is C29H61NO2. The first-order chi connectivity index (χ1) is 14.7. The van der Waals surface area contributed by atoms with Crippen LogP contribution in [0.5, 0.6) is 0 Å². The minimum absolute atomic E-state index is 0.0548. The van der Waals surface area contributed by atoms with Gasteiger partial charge in [-0.2, -0.15) is 0 Å². The van der Waals surface area contributed by atoms with Gasteiger partial charge >= 0.3 is 0 Å². The zero-order valence-electron chi connectivity index (χ0n) is 23.7. The van der Waals surface area contributed by atoms with Crippen molar-refractivity contribution in [3.05, 3.63) is 0 Å². The van der Waals surface area contributed by atoms with Crippen LogP contribution in [0.25, 0.3) is 0 Å². The van der Waals surface area contributed by atoms with Crippen LogP contribution < -0.4 is 5.32 Å². The average molecular weight is 456 g/mol. The monoisotopic (exact) mass is 455 g/mol. The highest BCUT2D eigenvalue weighted by Crippen LogP contribution is 2.35. The van der Waals surface area contributed by atoms with Gasteiger partial charge in [-0.1, -0.05) is 86.0 Å². The van der Waals surface area contributed by atoms with Gasteiger partial charge in [0.2, 0.25) is 0 Å². The summed E-state index contributed by atoms with van der Waals surface area (Å²) < 4.78 is 6.01. The van der Waals surface area contributed by atoms with Crippen molar-refractivity contribution in [3.63, 3.8) is 0 Å². The molecule has 0 fully saturated rings. The number of hydrogen-bond acceptors (Lipinski definition) is 3. The van der Waals surface area contributed by atoms with E-state index in [1.807, 2.05) is 0 Å². The lowest BCUT2D eigenvalue weighted by Gasteiger charge is -2.36. The summed E-state index contributed by atoms with van der Waals surface area (Å²) in [6, 6.07) is 0. The van der Waals surface area contributed by atoms with E-state index in [0.29, 0.717) is 17.3 Å². The number of aliphatic hydroxyl groups excluding tert-OH is 1. The van der Waals surface area contributed by atoms with E-state index < -0.39 is 0 Å². The number of ether oxygens (including phenoxy) is 1. The third-order valence-electron chi connectivity index (χ3n) is 7.16. The van der Waals surface area contributed by atoms with E-state index in [4.69, 9.17) is 9.84 Å². The Morgan fingerprint density at radius 3 is 1.72 bits per heavy atom. The van der Waals surface area contributed by atoms with Crippen LogP contribution in [-0.4, -0.2) is 36.0 Å². The summed E-state index contributed by atoms with van der Waals surface area (Å²) >= 11 is 0. The zero-order valence-corrected chi connectivity index (χ0v) is 23.7. The van der Waals surface area contributed by atoms with Crippen LogP contribution in [0.15, 0.2) is 0 Å². The Bertz CT molecular complexity index is 454. The van der Waals surface area contributed by atoms with E-state index in [1.165, 1.54) is 70.6 Å². The number of hydrogen-bond donors (Lipinski definition) is 2. The molecule has 0 unspecified atom stereocenters. The van der Waals surface area contributed by atoms with Crippen LogP contribution in [0.3, 0.4) is 0 Å². The topological polar surface area (TPSA) is 41.5 Å². The molecule has 0 heterocycles. The smallest absolute Gasteiger partial charge is 0.0648 e. The van der Waals surface area contributed by atoms with E-state index in [-0.39, 0.29) is 17.7 Å². The predicted molar refractivity (Wildman–Crippen MR) is 142 cm³/mol. The maximum absolute atomic E-state index is 9.16. The Labute approximate surface area is 202 Å². The van der Waals surface area contributed by atoms with E-state index in [9.17, 15) is 0 Å². The van der Waals surface area contributed by atoms with E-state index in [2.05, 4.69) is 67.6 Å². The molecule has 0 aromatic carbocycles. The molecule has 194 valence electrons. The summed E-state index contributed by atoms with van der Waals surface area (Å²) in [5.74, 6) is 0. The van der Waals surface area contributed by atoms with Gasteiger partial charge in [-0.25, -0.2) is 0 Å². The second-order valence-corrected chi connectivity index (χ2v) is 13.1. The maximum atomic E-state index is 9.16. The van der Waals surface area contributed by atoms with Crippen LogP contribution in [-0.2, 0) is 4.74 Å². The Balaban J connectivity index is 4.14. The minimum atomic E-state index is -0.245. The number of rotatable bonds is 21. The van der Waals surface area contributed by atoms with Crippen molar-refractivity contribution in [1.29, 1.82) is 0 Å². The molecule has 0 bridgehead atoms. The summed E-state index contributed by atoms with van der Waals surface area (Å²) in [4.78, 5) is 0. The Kier molecular flexibility index (Phi) is 15.7. The Hall–Kier alpha value is -0.120. The van der Waals surface area contributed by atoms with Crippen LogP contribution in [0.2, 0.25) is 0 Å². The maximum Gasteiger partial charge on any atom is 0.0648 e. The van der Waals surface area contributed by atoms with Crippen molar-refractivity contribution < 1.29 is 9.84 Å². The highest BCUT2D eigenvalue weighted by Gasteiger charge is 2.27. The number of unbranched alkanes of at least 4 members (excludes halogenated alkanes) is 7. The molecular weight excluding hydrogens is 394 g/mol. The molecule has 2 N–H and O–H groups in total. The molecule has 0 aliphatic carbocycles. The Morgan fingerprint density at radius 1 is 0.625 bits per heavy atom. The molecule has 0 saturated heterocycles. The molecule has 0 amide bonds. The van der Waals surface area contributed by atoms with Crippen LogP contribution in [0, 0.1) is 10.8 Å². The molecule has 0 saturated carbocycles. The standard InChI is InChI=1S/C29H61NO2/c1-10-11-12-13-14-15-16-17-18-26(2,3)19-20-27(4,5)25-30-28(6,7)22-24-32-29(8,9)21-23-31/h30-31H,10-25H2,1-9H3. The normalized spacial score (nSPS) is 13.7. The first kappa shape index (κ1) is 31.9. The van der Waals surface area contributed by atoms with Gasteiger partial charge in [-0.3, -0.25) is 0 Å². The zero-order chi connectivity index (χ0) is 24.7. The van der Waals surface area contributed by atoms with Gasteiger partial charge in [-0.15, -0.1) is 0 Å². The molecule has 3 heteroatoms. The lowest BCUT2D eigenvalue weighted by Crippen LogP contribution is -2.45. The first-order valence-corrected chi connectivity index (χ1v) is 13.7. The lowest BCUT2D eigenvalue weighted by atomic mass is 9.76. The van der Waals surface area contributed by atoms with E-state index in [1.54, 1.807) is 0 Å². The molecule has 0 aromatic heterocycles. The molecule has 0 atom stereocenters. The Morgan fingerprint density at radius 2 is 1.16 bits per heavy atom. The van der Waals surface area contributed by atoms with Crippen molar-refractivity contribution in [2.24, 2.45) is 10.8 Å². The largest absolute Gasteiger partial charge is 0.396 e. The third kappa shape index (κ3) is 18.3. The fourth-order valence-electron chi connectivity index (χ4n) is 4.12. The second kappa shape index (κ2) is 15.7. The van der Waals surface area contributed by atoms with Gasteiger partial charge in [0.05, 0.1) is 5.60 Å². The van der Waals surface area contributed by atoms with Gasteiger partial charge < -0.3 is 15.2 Å². The molecule has 0 aliphatic heterocycles. The van der Waals surface area contributed by atoms with Gasteiger partial charge in [0.25, 0.3) is 0 Å². The predicted octanol–water partition coefficient (Wildman–Crippen LogP) is 8.29. The highest BCUT2D eigenvalue weighted by atomic mass is 16.5. The van der Waals surface area contributed by atoms with Gasteiger partial charge in [0.1, 0.15) is 0 Å². The summed E-state index contributed by atoms with van der Waals surface area (Å²) in [7, 11) is 0. The van der Waals surface area contributed by atoms with E-state index in [0.717, 1.165) is 19.6 Å². The van der Waals surface area contributed by atoms with Crippen LogP contribution in [0.1, 0.15) is 146 Å². The third-order valence-corrected chi connectivity index (χ3v) is 7.16. The van der Waals surface area contributed by atoms with E-state index >= 15 is 0 Å². The molecule has 0 aliphatic rings. The summed E-state index contributed by atoms with van der Waals surface area (Å²) in [6.07, 6.45) is 16.8. The summed E-state index contributed by atoms with van der Waals surface area (Å²) in [5.41, 5.74) is 0.551. The number of nitrogens with one attached hydrogen (secondary N) is 1. The fraction of sp³-hybridized carbons (Fsp3) is 1.00. The van der Waals surface area contributed by atoms with Gasteiger partial charge in [0.15, 0.2) is 0 Å². The quantitative estimate of drug-likeness (QED) is 0.171. The van der Waals surface area contributed by atoms with Crippen molar-refractivity contribution in [2.45, 2.75) is 157 Å². The summed E-state index contributed by atoms with van der Waals surface area (Å²) in [6.45, 7) is 22.6. The summed E-state index contributed by atoms with van der Waals surface area (Å²) in [5, 5.41) is 13.0. The van der Waals surface area contributed by atoms with Crippen molar-refractivity contribution in [3.8, 4) is 0 Å². The molecule has 0 radical (unpaired) electrons. The SMILES string of the molecule is CCCCCCCCCCC(C)(C)CCC(C)(C)CNC(C)(C)CCOC(C)(C)CCO. The van der Waals surface area contributed by atoms with Gasteiger partial charge in [-0.05, 0) is 70.6 Å². The number of aliphatic hydroxyl groups is 1. The highest BCUT2D eigenvalue weighted by molar-refractivity contribution is 4.84. The minimum Gasteiger partial charge on any atom is -0.396 e. The van der Waals surface area contributed by atoms with Crippen LogP contribution >= 0.6 is 0 Å². The van der Waals surface area contributed by atoms with Crippen LogP contribution in [0.4, 0.5) is 0 Å². The average Bonchev–Trinajstić information content (AvgIpc) is 2.67. The first-order valence-electron chi connectivity index (χ1n) is 13.7. The molecule has 0 spiro atoms. The molecule has 3 nitrogen and oxygen atoms in total. The second-order valence-electron chi connectivity index (χ2n) is 13.1. The molecule has 0 aromatic rings. The van der Waals surface area contributed by atoms with Crippen molar-refractivity contribution in [2.75, 3.05) is 19.8 Å². The van der Waals surface area contributed by atoms with Gasteiger partial charge in [0, 0.05) is 25.3 Å².